The molecule has 2 amide bonds. The zero-order chi connectivity index (χ0) is 20.1. The Morgan fingerprint density at radius 1 is 0.862 bits per heavy atom. The molecular formula is C22H17N3O2S2. The molecule has 1 saturated heterocycles. The molecule has 0 aliphatic carbocycles. The molecule has 1 aliphatic rings. The van der Waals surface area contributed by atoms with Crippen LogP contribution in [0.5, 0.6) is 0 Å². The van der Waals surface area contributed by atoms with Crippen LogP contribution in [0.1, 0.15) is 0 Å². The van der Waals surface area contributed by atoms with Crippen LogP contribution in [0.25, 0.3) is 0 Å². The van der Waals surface area contributed by atoms with E-state index in [1.807, 2.05) is 66.7 Å². The lowest BCUT2D eigenvalue weighted by Gasteiger charge is -2.14. The van der Waals surface area contributed by atoms with Gasteiger partial charge < -0.3 is 5.32 Å². The van der Waals surface area contributed by atoms with Gasteiger partial charge in [-0.3, -0.25) is 9.59 Å². The number of nitrogens with one attached hydrogen (secondary N) is 1. The number of amides is 2. The average Bonchev–Trinajstić information content (AvgIpc) is 3.03. The zero-order valence-electron chi connectivity index (χ0n) is 15.3. The highest BCUT2D eigenvalue weighted by Crippen LogP contribution is 2.38. The van der Waals surface area contributed by atoms with Crippen LogP contribution in [0.3, 0.4) is 0 Å². The maximum Gasteiger partial charge on any atom is 0.294 e. The van der Waals surface area contributed by atoms with Gasteiger partial charge >= 0.3 is 0 Å². The minimum absolute atomic E-state index is 0.258. The summed E-state index contributed by atoms with van der Waals surface area (Å²) < 4.78 is -0.610. The molecule has 0 radical (unpaired) electrons. The van der Waals surface area contributed by atoms with Crippen molar-refractivity contribution in [1.82, 2.24) is 0 Å². The van der Waals surface area contributed by atoms with Gasteiger partial charge in [0, 0.05) is 5.69 Å². The van der Waals surface area contributed by atoms with Crippen molar-refractivity contribution in [3.8, 4) is 0 Å². The van der Waals surface area contributed by atoms with Gasteiger partial charge in [0.15, 0.2) is 5.17 Å². The monoisotopic (exact) mass is 419 g/mol. The number of para-hydroxylation sites is 3. The molecular weight excluding hydrogens is 402 g/mol. The Bertz CT molecular complexity index is 1030. The highest BCUT2D eigenvalue weighted by Gasteiger charge is 2.41. The third-order valence-corrected chi connectivity index (χ3v) is 6.27. The first-order valence-corrected chi connectivity index (χ1v) is 10.7. The van der Waals surface area contributed by atoms with E-state index in [-0.39, 0.29) is 11.1 Å². The molecule has 1 N–H and O–H groups in total. The summed E-state index contributed by atoms with van der Waals surface area (Å²) in [7, 11) is 0. The average molecular weight is 420 g/mol. The molecule has 0 spiro atoms. The first-order valence-electron chi connectivity index (χ1n) is 8.93. The number of carbonyl (C=O) groups excluding carboxylic acids is 2. The van der Waals surface area contributed by atoms with Gasteiger partial charge in [0.25, 0.3) is 11.1 Å². The van der Waals surface area contributed by atoms with Crippen LogP contribution in [0.4, 0.5) is 21.9 Å². The number of rotatable bonds is 4. The molecule has 0 bridgehead atoms. The smallest absolute Gasteiger partial charge is 0.294 e. The lowest BCUT2D eigenvalue weighted by atomic mass is 10.3. The lowest BCUT2D eigenvalue weighted by molar-refractivity contribution is -0.115. The number of hydrogen-bond acceptors (Lipinski definition) is 5. The minimum atomic E-state index is -0.610. The second kappa shape index (κ2) is 8.98. The topological polar surface area (TPSA) is 61.8 Å². The Balaban J connectivity index is 1.58. The second-order valence-corrected chi connectivity index (χ2v) is 8.53. The number of aliphatic imine (C=N–C) groups is 1. The van der Waals surface area contributed by atoms with E-state index in [0.717, 1.165) is 23.1 Å². The van der Waals surface area contributed by atoms with Gasteiger partial charge in [-0.2, -0.15) is 0 Å². The van der Waals surface area contributed by atoms with Crippen LogP contribution in [0.2, 0.25) is 0 Å². The zero-order valence-corrected chi connectivity index (χ0v) is 16.9. The maximum atomic E-state index is 12.9. The Morgan fingerprint density at radius 2 is 1.45 bits per heavy atom. The third kappa shape index (κ3) is 4.70. The predicted molar refractivity (Wildman–Crippen MR) is 122 cm³/mol. The third-order valence-electron chi connectivity index (χ3n) is 4.06. The summed E-state index contributed by atoms with van der Waals surface area (Å²) in [6.45, 7) is 0. The fourth-order valence-electron chi connectivity index (χ4n) is 2.72. The molecule has 5 nitrogen and oxygen atoms in total. The fraction of sp³-hybridized carbons (Fsp3) is 0.0455. The first kappa shape index (κ1) is 19.3. The van der Waals surface area contributed by atoms with Crippen LogP contribution in [0.15, 0.2) is 96.0 Å². The standard InChI is InChI=1S/C22H17N3O2S2/c26-19-20(29-22(27)25(19)18-14-8-3-9-15-18)28-21(23-16-10-4-1-5-11-16)24-17-12-6-2-7-13-17/h1-15,20H,(H,23,24)/t20-/m1/s1. The van der Waals surface area contributed by atoms with E-state index in [1.165, 1.54) is 16.7 Å². The van der Waals surface area contributed by atoms with Gasteiger partial charge in [-0.1, -0.05) is 66.4 Å². The van der Waals surface area contributed by atoms with Crippen LogP contribution < -0.4 is 10.2 Å². The Hall–Kier alpha value is -3.03. The molecule has 1 aliphatic heterocycles. The second-order valence-electron chi connectivity index (χ2n) is 6.09. The molecule has 0 unspecified atom stereocenters. The number of anilines is 2. The molecule has 29 heavy (non-hydrogen) atoms. The molecule has 1 fully saturated rings. The lowest BCUT2D eigenvalue weighted by Crippen LogP contribution is -2.31. The molecule has 144 valence electrons. The Labute approximate surface area is 177 Å². The Kier molecular flexibility index (Phi) is 5.97. The molecule has 0 aromatic heterocycles. The van der Waals surface area contributed by atoms with Gasteiger partial charge in [0.1, 0.15) is 4.58 Å². The molecule has 7 heteroatoms. The molecule has 3 aromatic rings. The van der Waals surface area contributed by atoms with Crippen LogP contribution in [-0.2, 0) is 4.79 Å². The highest BCUT2D eigenvalue weighted by atomic mass is 32.2. The largest absolute Gasteiger partial charge is 0.335 e. The summed E-state index contributed by atoms with van der Waals surface area (Å²) >= 11 is 2.25. The minimum Gasteiger partial charge on any atom is -0.335 e. The summed E-state index contributed by atoms with van der Waals surface area (Å²) in [4.78, 5) is 31.3. The van der Waals surface area contributed by atoms with Crippen molar-refractivity contribution in [3.63, 3.8) is 0 Å². The molecule has 0 saturated carbocycles. The van der Waals surface area contributed by atoms with E-state index in [0.29, 0.717) is 10.9 Å². The van der Waals surface area contributed by atoms with Crippen LogP contribution >= 0.6 is 23.5 Å². The number of nitrogens with zero attached hydrogens (tertiary/aromatic N) is 2. The summed E-state index contributed by atoms with van der Waals surface area (Å²) in [5, 5.41) is 3.53. The van der Waals surface area contributed by atoms with Crippen LogP contribution in [0, 0.1) is 0 Å². The van der Waals surface area contributed by atoms with Gasteiger partial charge in [-0.15, -0.1) is 0 Å². The van der Waals surface area contributed by atoms with Crippen LogP contribution in [-0.4, -0.2) is 20.9 Å². The van der Waals surface area contributed by atoms with Crippen molar-refractivity contribution in [1.29, 1.82) is 0 Å². The van der Waals surface area contributed by atoms with Crippen molar-refractivity contribution < 1.29 is 9.59 Å². The fourth-order valence-corrected chi connectivity index (χ4v) is 4.87. The molecule has 1 atom stereocenters. The van der Waals surface area contributed by atoms with Gasteiger partial charge in [0.05, 0.1) is 11.4 Å². The van der Waals surface area contributed by atoms with E-state index in [2.05, 4.69) is 10.3 Å². The van der Waals surface area contributed by atoms with E-state index in [9.17, 15) is 9.59 Å². The highest BCUT2D eigenvalue weighted by molar-refractivity contribution is 8.31. The summed E-state index contributed by atoms with van der Waals surface area (Å²) in [6.07, 6.45) is 0. The molecule has 4 rings (SSSR count). The number of hydrogen-bond donors (Lipinski definition) is 1. The predicted octanol–water partition coefficient (Wildman–Crippen LogP) is 5.75. The van der Waals surface area contributed by atoms with E-state index < -0.39 is 4.58 Å². The van der Waals surface area contributed by atoms with Crippen molar-refractivity contribution in [2.75, 3.05) is 10.2 Å². The van der Waals surface area contributed by atoms with Crippen molar-refractivity contribution in [3.05, 3.63) is 91.0 Å². The summed E-state index contributed by atoms with van der Waals surface area (Å²) in [6, 6.07) is 28.1. The summed E-state index contributed by atoms with van der Waals surface area (Å²) in [5.41, 5.74) is 2.20. The number of thioether (sulfide) groups is 2. The number of imide groups is 1. The van der Waals surface area contributed by atoms with E-state index >= 15 is 0 Å². The Morgan fingerprint density at radius 3 is 2.10 bits per heavy atom. The van der Waals surface area contributed by atoms with Crippen molar-refractivity contribution >= 4 is 56.9 Å². The van der Waals surface area contributed by atoms with Gasteiger partial charge in [0.2, 0.25) is 0 Å². The first-order chi connectivity index (χ1) is 14.2. The van der Waals surface area contributed by atoms with Gasteiger partial charge in [-0.05, 0) is 48.2 Å². The van der Waals surface area contributed by atoms with Gasteiger partial charge in [-0.25, -0.2) is 9.89 Å². The molecule has 3 aromatic carbocycles. The summed E-state index contributed by atoms with van der Waals surface area (Å²) in [5.74, 6) is -0.258. The quantitative estimate of drug-likeness (QED) is 0.431. The molecule has 1 heterocycles. The number of carbonyl (C=O) groups is 2. The number of amidine groups is 1. The van der Waals surface area contributed by atoms with Crippen molar-refractivity contribution in [2.45, 2.75) is 4.58 Å². The maximum absolute atomic E-state index is 12.9. The number of benzene rings is 3. The van der Waals surface area contributed by atoms with Crippen molar-refractivity contribution in [2.24, 2.45) is 4.99 Å². The van der Waals surface area contributed by atoms with E-state index in [1.54, 1.807) is 24.3 Å². The SMILES string of the molecule is O=C1S[C@@H](SC(=Nc2ccccc2)Nc2ccccc2)C(=O)N1c1ccccc1. The normalized spacial score (nSPS) is 16.9. The van der Waals surface area contributed by atoms with E-state index in [4.69, 9.17) is 0 Å².